The Labute approximate surface area is 114 Å². The summed E-state index contributed by atoms with van der Waals surface area (Å²) in [6.45, 7) is 17.1. The van der Waals surface area contributed by atoms with Crippen molar-refractivity contribution < 1.29 is 0 Å². The molecule has 0 bridgehead atoms. The second-order valence-corrected chi connectivity index (χ2v) is 7.74. The molecule has 0 amide bonds. The maximum Gasteiger partial charge on any atom is 0.0125 e. The lowest BCUT2D eigenvalue weighted by Crippen LogP contribution is -2.67. The summed E-state index contributed by atoms with van der Waals surface area (Å²) >= 11 is 0. The summed E-state index contributed by atoms with van der Waals surface area (Å²) in [5.41, 5.74) is 0.996. The highest BCUT2D eigenvalue weighted by atomic mass is 15.3. The molecule has 106 valence electrons. The van der Waals surface area contributed by atoms with Gasteiger partial charge in [0.25, 0.3) is 0 Å². The van der Waals surface area contributed by atoms with Gasteiger partial charge in [0.1, 0.15) is 0 Å². The van der Waals surface area contributed by atoms with E-state index in [1.807, 2.05) is 0 Å². The molecule has 1 atom stereocenters. The average molecular weight is 252 g/mol. The summed E-state index contributed by atoms with van der Waals surface area (Å²) in [4.78, 5) is 5.41. The van der Waals surface area contributed by atoms with Crippen molar-refractivity contribution in [2.75, 3.05) is 26.2 Å². The van der Waals surface area contributed by atoms with Gasteiger partial charge in [-0.2, -0.15) is 0 Å². The molecule has 2 rings (SSSR count). The predicted octanol–water partition coefficient (Wildman–Crippen LogP) is 3.37. The molecule has 2 heterocycles. The van der Waals surface area contributed by atoms with E-state index in [9.17, 15) is 0 Å². The molecule has 0 N–H and O–H groups in total. The molecular weight excluding hydrogens is 220 g/mol. The molecule has 2 saturated heterocycles. The molecule has 2 heteroatoms. The van der Waals surface area contributed by atoms with Gasteiger partial charge < -0.3 is 4.90 Å². The molecule has 0 aromatic heterocycles. The Morgan fingerprint density at radius 3 is 2.39 bits per heavy atom. The average Bonchev–Trinajstić information content (AvgIpc) is 2.25. The minimum Gasteiger partial charge on any atom is -0.300 e. The molecule has 2 aliphatic heterocycles. The van der Waals surface area contributed by atoms with Gasteiger partial charge in [-0.15, -0.1) is 0 Å². The Kier molecular flexibility index (Phi) is 4.08. The lowest BCUT2D eigenvalue weighted by atomic mass is 9.71. The van der Waals surface area contributed by atoms with Crippen LogP contribution in [0.1, 0.15) is 60.3 Å². The Morgan fingerprint density at radius 1 is 1.17 bits per heavy atom. The molecule has 18 heavy (non-hydrogen) atoms. The van der Waals surface area contributed by atoms with Crippen molar-refractivity contribution in [3.8, 4) is 0 Å². The molecular formula is C16H32N2. The maximum absolute atomic E-state index is 2.76. The summed E-state index contributed by atoms with van der Waals surface area (Å²) < 4.78 is 0. The van der Waals surface area contributed by atoms with Gasteiger partial charge in [0.15, 0.2) is 0 Å². The Morgan fingerprint density at radius 2 is 1.83 bits per heavy atom. The lowest BCUT2D eigenvalue weighted by Gasteiger charge is -2.59. The van der Waals surface area contributed by atoms with Crippen molar-refractivity contribution in [3.05, 3.63) is 0 Å². The number of hydrogen-bond acceptors (Lipinski definition) is 2. The van der Waals surface area contributed by atoms with Crippen LogP contribution in [0.3, 0.4) is 0 Å². The zero-order valence-electron chi connectivity index (χ0n) is 13.1. The quantitative estimate of drug-likeness (QED) is 0.760. The van der Waals surface area contributed by atoms with E-state index in [0.29, 0.717) is 11.0 Å². The first-order valence-corrected chi connectivity index (χ1v) is 7.85. The predicted molar refractivity (Wildman–Crippen MR) is 78.9 cm³/mol. The highest BCUT2D eigenvalue weighted by molar-refractivity contribution is 5.03. The van der Waals surface area contributed by atoms with Crippen LogP contribution in [0.2, 0.25) is 0 Å². The fourth-order valence-corrected chi connectivity index (χ4v) is 3.72. The van der Waals surface area contributed by atoms with Gasteiger partial charge in [-0.3, -0.25) is 4.90 Å². The second-order valence-electron chi connectivity index (χ2n) is 7.74. The maximum atomic E-state index is 2.76. The molecule has 2 fully saturated rings. The zero-order valence-corrected chi connectivity index (χ0v) is 13.1. The number of hydrogen-bond donors (Lipinski definition) is 0. The monoisotopic (exact) mass is 252 g/mol. The van der Waals surface area contributed by atoms with E-state index in [1.54, 1.807) is 0 Å². The standard InChI is InChI=1S/C16H32N2/c1-6-8-14(2)17-10-7-9-16(11-17)12-18(13-16)15(3,4)5/h14H,6-13H2,1-5H3. The normalized spacial score (nSPS) is 27.2. The number of likely N-dealkylation sites (tertiary alicyclic amines) is 2. The van der Waals surface area contributed by atoms with Crippen molar-refractivity contribution in [2.24, 2.45) is 5.41 Å². The summed E-state index contributed by atoms with van der Waals surface area (Å²) in [5.74, 6) is 0. The van der Waals surface area contributed by atoms with Crippen molar-refractivity contribution >= 4 is 0 Å². The Bertz CT molecular complexity index is 273. The molecule has 1 spiro atoms. The summed E-state index contributed by atoms with van der Waals surface area (Å²) in [5, 5.41) is 0. The topological polar surface area (TPSA) is 6.48 Å². The van der Waals surface area contributed by atoms with Gasteiger partial charge in [0.2, 0.25) is 0 Å². The zero-order chi connectivity index (χ0) is 13.4. The van der Waals surface area contributed by atoms with E-state index in [2.05, 4.69) is 44.4 Å². The van der Waals surface area contributed by atoms with Crippen LogP contribution in [-0.4, -0.2) is 47.6 Å². The van der Waals surface area contributed by atoms with Crippen molar-refractivity contribution in [1.82, 2.24) is 9.80 Å². The van der Waals surface area contributed by atoms with Gasteiger partial charge in [0.05, 0.1) is 0 Å². The van der Waals surface area contributed by atoms with Crippen molar-refractivity contribution in [1.29, 1.82) is 0 Å². The Hall–Kier alpha value is -0.0800. The van der Waals surface area contributed by atoms with Crippen LogP contribution >= 0.6 is 0 Å². The number of piperidine rings is 1. The molecule has 0 radical (unpaired) electrons. The van der Waals surface area contributed by atoms with Crippen molar-refractivity contribution in [3.63, 3.8) is 0 Å². The van der Waals surface area contributed by atoms with Gasteiger partial charge in [-0.1, -0.05) is 13.3 Å². The Balaban J connectivity index is 1.89. The third-order valence-electron chi connectivity index (χ3n) is 5.02. The third kappa shape index (κ3) is 2.91. The largest absolute Gasteiger partial charge is 0.300 e. The first-order valence-electron chi connectivity index (χ1n) is 7.85. The third-order valence-corrected chi connectivity index (χ3v) is 5.02. The van der Waals surface area contributed by atoms with Crippen LogP contribution < -0.4 is 0 Å². The molecule has 0 aromatic carbocycles. The minimum absolute atomic E-state index is 0.364. The van der Waals surface area contributed by atoms with E-state index in [0.717, 1.165) is 6.04 Å². The number of rotatable bonds is 3. The van der Waals surface area contributed by atoms with Gasteiger partial charge in [-0.05, 0) is 53.5 Å². The first kappa shape index (κ1) is 14.3. The van der Waals surface area contributed by atoms with E-state index in [1.165, 1.54) is 51.9 Å². The molecule has 2 nitrogen and oxygen atoms in total. The fourth-order valence-electron chi connectivity index (χ4n) is 3.72. The number of nitrogens with zero attached hydrogens (tertiary/aromatic N) is 2. The fraction of sp³-hybridized carbons (Fsp3) is 1.00. The molecule has 0 aromatic rings. The smallest absolute Gasteiger partial charge is 0.0125 e. The molecule has 1 unspecified atom stereocenters. The van der Waals surface area contributed by atoms with Crippen LogP contribution in [0.25, 0.3) is 0 Å². The van der Waals surface area contributed by atoms with Gasteiger partial charge in [0, 0.05) is 36.6 Å². The van der Waals surface area contributed by atoms with E-state index in [-0.39, 0.29) is 0 Å². The van der Waals surface area contributed by atoms with Gasteiger partial charge >= 0.3 is 0 Å². The van der Waals surface area contributed by atoms with Crippen LogP contribution in [0.5, 0.6) is 0 Å². The molecule has 0 aliphatic carbocycles. The SMILES string of the molecule is CCCC(C)N1CCCC2(C1)CN(C(C)(C)C)C2. The highest BCUT2D eigenvalue weighted by Crippen LogP contribution is 2.42. The summed E-state index contributed by atoms with van der Waals surface area (Å²) in [6, 6.07) is 0.788. The lowest BCUT2D eigenvalue weighted by molar-refractivity contribution is -0.101. The van der Waals surface area contributed by atoms with Gasteiger partial charge in [-0.25, -0.2) is 0 Å². The van der Waals surface area contributed by atoms with Crippen LogP contribution in [0.15, 0.2) is 0 Å². The van der Waals surface area contributed by atoms with E-state index < -0.39 is 0 Å². The van der Waals surface area contributed by atoms with Crippen molar-refractivity contribution in [2.45, 2.75) is 71.9 Å². The van der Waals surface area contributed by atoms with Crippen LogP contribution in [-0.2, 0) is 0 Å². The van der Waals surface area contributed by atoms with Crippen LogP contribution in [0.4, 0.5) is 0 Å². The second kappa shape index (κ2) is 5.13. The van der Waals surface area contributed by atoms with E-state index in [4.69, 9.17) is 0 Å². The van der Waals surface area contributed by atoms with Crippen LogP contribution in [0, 0.1) is 5.41 Å². The van der Waals surface area contributed by atoms with E-state index >= 15 is 0 Å². The molecule has 0 saturated carbocycles. The molecule has 2 aliphatic rings. The first-order chi connectivity index (χ1) is 8.36. The summed E-state index contributed by atoms with van der Waals surface area (Å²) in [7, 11) is 0. The highest BCUT2D eigenvalue weighted by Gasteiger charge is 2.48. The summed E-state index contributed by atoms with van der Waals surface area (Å²) in [6.07, 6.45) is 5.54. The minimum atomic E-state index is 0.364.